The van der Waals surface area contributed by atoms with Gasteiger partial charge in [0.1, 0.15) is 11.6 Å². The number of hydrogen-bond acceptors (Lipinski definition) is 4. The summed E-state index contributed by atoms with van der Waals surface area (Å²) in [6, 6.07) is 0. The Morgan fingerprint density at radius 2 is 1.00 bits per heavy atom. The van der Waals surface area contributed by atoms with Crippen molar-refractivity contribution >= 4 is 35.1 Å². The Bertz CT molecular complexity index is 276. The highest BCUT2D eigenvalue weighted by Crippen LogP contribution is 2.17. The van der Waals surface area contributed by atoms with Crippen LogP contribution < -0.4 is 0 Å². The average molecular weight is 377 g/mol. The molecule has 0 N–H and O–H groups in total. The van der Waals surface area contributed by atoms with Crippen LogP contribution >= 0.6 is 23.5 Å². The maximum Gasteiger partial charge on any atom is 0.142 e. The van der Waals surface area contributed by atoms with E-state index in [9.17, 15) is 9.59 Å². The van der Waals surface area contributed by atoms with Gasteiger partial charge in [0.2, 0.25) is 0 Å². The average Bonchev–Trinajstić information content (AvgIpc) is 2.55. The molecule has 144 valence electrons. The molecule has 0 aromatic carbocycles. The lowest BCUT2D eigenvalue weighted by molar-refractivity contribution is -0.117. The molecule has 0 rings (SSSR count). The van der Waals surface area contributed by atoms with E-state index in [0.29, 0.717) is 11.6 Å². The minimum atomic E-state index is 0.252. The van der Waals surface area contributed by atoms with E-state index in [1.54, 1.807) is 37.4 Å². The summed E-state index contributed by atoms with van der Waals surface area (Å²) >= 11 is 3.37. The van der Waals surface area contributed by atoms with Crippen molar-refractivity contribution in [1.29, 1.82) is 0 Å². The van der Waals surface area contributed by atoms with Crippen molar-refractivity contribution in [2.75, 3.05) is 12.5 Å². The summed E-state index contributed by atoms with van der Waals surface area (Å²) < 4.78 is 0. The molecular formula is C20H40O2S2. The molecule has 0 saturated carbocycles. The van der Waals surface area contributed by atoms with Gasteiger partial charge < -0.3 is 0 Å². The predicted molar refractivity (Wildman–Crippen MR) is 113 cm³/mol. The Hall–Kier alpha value is 0.0400. The first kappa shape index (κ1) is 26.3. The van der Waals surface area contributed by atoms with E-state index < -0.39 is 0 Å². The second kappa shape index (κ2) is 19.4. The van der Waals surface area contributed by atoms with E-state index in [0.717, 1.165) is 12.8 Å². The fourth-order valence-electron chi connectivity index (χ4n) is 2.49. The van der Waals surface area contributed by atoms with Crippen LogP contribution in [0.25, 0.3) is 0 Å². The van der Waals surface area contributed by atoms with E-state index in [4.69, 9.17) is 0 Å². The van der Waals surface area contributed by atoms with Crippen LogP contribution in [0.5, 0.6) is 0 Å². The van der Waals surface area contributed by atoms with Crippen LogP contribution in [0.1, 0.15) is 91.9 Å². The predicted octanol–water partition coefficient (Wildman–Crippen LogP) is 6.55. The van der Waals surface area contributed by atoms with Gasteiger partial charge in [-0.1, -0.05) is 65.2 Å². The Labute approximate surface area is 159 Å². The largest absolute Gasteiger partial charge is 0.299 e. The Morgan fingerprint density at radius 1 is 0.667 bits per heavy atom. The molecule has 2 nitrogen and oxygen atoms in total. The summed E-state index contributed by atoms with van der Waals surface area (Å²) in [6.45, 7) is 7.80. The van der Waals surface area contributed by atoms with Crippen LogP contribution in [0.4, 0.5) is 0 Å². The van der Waals surface area contributed by atoms with E-state index in [1.165, 1.54) is 51.4 Å². The van der Waals surface area contributed by atoms with Crippen molar-refractivity contribution in [3.05, 3.63) is 0 Å². The van der Waals surface area contributed by atoms with E-state index >= 15 is 0 Å². The first-order chi connectivity index (χ1) is 11.4. The van der Waals surface area contributed by atoms with E-state index in [2.05, 4.69) is 13.8 Å². The van der Waals surface area contributed by atoms with Crippen LogP contribution in [0.2, 0.25) is 0 Å². The summed E-state index contributed by atoms with van der Waals surface area (Å²) in [5.74, 6) is 0.665. The SMILES string of the molecule is CCCCCCC(SC)C(C)=O.CCCCCCC(SC)C(C)=O. The number of hydrogen-bond donors (Lipinski definition) is 0. The third-order valence-corrected chi connectivity index (χ3v) is 6.39. The van der Waals surface area contributed by atoms with Crippen LogP contribution in [-0.4, -0.2) is 34.6 Å². The van der Waals surface area contributed by atoms with Gasteiger partial charge in [-0.15, -0.1) is 0 Å². The highest BCUT2D eigenvalue weighted by molar-refractivity contribution is 8.00. The van der Waals surface area contributed by atoms with Gasteiger partial charge in [0.15, 0.2) is 0 Å². The molecule has 0 aliphatic rings. The lowest BCUT2D eigenvalue weighted by atomic mass is 10.1. The monoisotopic (exact) mass is 376 g/mol. The van der Waals surface area contributed by atoms with Gasteiger partial charge in [0.05, 0.1) is 10.5 Å². The summed E-state index contributed by atoms with van der Waals surface area (Å²) in [5.41, 5.74) is 0. The molecule has 2 atom stereocenters. The van der Waals surface area contributed by atoms with Gasteiger partial charge in [-0.25, -0.2) is 0 Å². The zero-order chi connectivity index (χ0) is 18.8. The van der Waals surface area contributed by atoms with E-state index in [-0.39, 0.29) is 10.5 Å². The maximum absolute atomic E-state index is 11.0. The number of ketones is 2. The minimum Gasteiger partial charge on any atom is -0.299 e. The molecule has 0 radical (unpaired) electrons. The smallest absolute Gasteiger partial charge is 0.142 e. The third kappa shape index (κ3) is 16.9. The number of thioether (sulfide) groups is 2. The van der Waals surface area contributed by atoms with Gasteiger partial charge in [-0.2, -0.15) is 23.5 Å². The summed E-state index contributed by atoms with van der Waals surface area (Å²) in [7, 11) is 0. The zero-order valence-corrected chi connectivity index (χ0v) is 18.5. The lowest BCUT2D eigenvalue weighted by Crippen LogP contribution is -2.12. The molecular weight excluding hydrogens is 336 g/mol. The minimum absolute atomic E-state index is 0.252. The van der Waals surface area contributed by atoms with E-state index in [1.807, 2.05) is 12.5 Å². The quantitative estimate of drug-likeness (QED) is 0.322. The molecule has 4 heteroatoms. The number of rotatable bonds is 14. The molecule has 0 bridgehead atoms. The highest BCUT2D eigenvalue weighted by atomic mass is 32.2. The Kier molecular flexibility index (Phi) is 21.2. The molecule has 0 aromatic heterocycles. The Morgan fingerprint density at radius 3 is 1.21 bits per heavy atom. The molecule has 0 aliphatic heterocycles. The van der Waals surface area contributed by atoms with Crippen LogP contribution in [0, 0.1) is 0 Å². The normalized spacial score (nSPS) is 12.9. The van der Waals surface area contributed by atoms with Crippen molar-refractivity contribution in [2.45, 2.75) is 102 Å². The molecule has 0 aromatic rings. The zero-order valence-electron chi connectivity index (χ0n) is 16.9. The van der Waals surface area contributed by atoms with Gasteiger partial charge in [0.25, 0.3) is 0 Å². The summed E-state index contributed by atoms with van der Waals surface area (Å²) in [6.07, 6.45) is 16.3. The number of carbonyl (C=O) groups is 2. The van der Waals surface area contributed by atoms with Gasteiger partial charge >= 0.3 is 0 Å². The number of unbranched alkanes of at least 4 members (excludes halogenated alkanes) is 6. The van der Waals surface area contributed by atoms with Crippen molar-refractivity contribution < 1.29 is 9.59 Å². The van der Waals surface area contributed by atoms with Crippen molar-refractivity contribution in [3.63, 3.8) is 0 Å². The summed E-state index contributed by atoms with van der Waals surface area (Å²) in [5, 5.41) is 0.503. The molecule has 2 unspecified atom stereocenters. The molecule has 0 saturated heterocycles. The second-order valence-electron chi connectivity index (χ2n) is 6.37. The van der Waals surface area contributed by atoms with Crippen LogP contribution in [0.3, 0.4) is 0 Å². The number of carbonyl (C=O) groups excluding carboxylic acids is 2. The maximum atomic E-state index is 11.0. The molecule has 24 heavy (non-hydrogen) atoms. The van der Waals surface area contributed by atoms with Crippen LogP contribution in [-0.2, 0) is 9.59 Å². The topological polar surface area (TPSA) is 34.1 Å². The van der Waals surface area contributed by atoms with Gasteiger partial charge in [-0.3, -0.25) is 9.59 Å². The highest BCUT2D eigenvalue weighted by Gasteiger charge is 2.11. The molecule has 0 amide bonds. The fourth-order valence-corrected chi connectivity index (χ4v) is 3.96. The summed E-state index contributed by atoms with van der Waals surface area (Å²) in [4.78, 5) is 22.0. The van der Waals surface area contributed by atoms with Crippen LogP contribution in [0.15, 0.2) is 0 Å². The lowest BCUT2D eigenvalue weighted by Gasteiger charge is -2.09. The number of Topliss-reactive ketones (excluding diaryl/α,β-unsaturated/α-hetero) is 2. The molecule has 0 spiro atoms. The third-order valence-electron chi connectivity index (χ3n) is 4.12. The molecule has 0 aliphatic carbocycles. The first-order valence-corrected chi connectivity index (χ1v) is 12.1. The van der Waals surface area contributed by atoms with Crippen molar-refractivity contribution in [2.24, 2.45) is 0 Å². The van der Waals surface area contributed by atoms with Gasteiger partial charge in [0, 0.05) is 0 Å². The standard InChI is InChI=1S/2C10H20OS/c2*1-4-5-6-7-8-10(12-3)9(2)11/h2*10H,4-8H2,1-3H3. The second-order valence-corrected chi connectivity index (χ2v) is 8.45. The van der Waals surface area contributed by atoms with Gasteiger partial charge in [-0.05, 0) is 39.2 Å². The molecule has 0 heterocycles. The first-order valence-electron chi connectivity index (χ1n) is 9.50. The fraction of sp³-hybridized carbons (Fsp3) is 0.900. The van der Waals surface area contributed by atoms with Crippen molar-refractivity contribution in [3.8, 4) is 0 Å². The van der Waals surface area contributed by atoms with Crippen molar-refractivity contribution in [1.82, 2.24) is 0 Å². The molecule has 0 fully saturated rings. The Balaban J connectivity index is 0.